The number of benzene rings is 1. The van der Waals surface area contributed by atoms with Gasteiger partial charge in [0.2, 0.25) is 0 Å². The second-order valence-corrected chi connectivity index (χ2v) is 5.32. The molecule has 3 aromatic rings. The molecule has 0 spiro atoms. The summed E-state index contributed by atoms with van der Waals surface area (Å²) in [5.74, 6) is 1.69. The van der Waals surface area contributed by atoms with Gasteiger partial charge in [0, 0.05) is 5.56 Å². The highest BCUT2D eigenvalue weighted by Crippen LogP contribution is 2.42. The van der Waals surface area contributed by atoms with Crippen LogP contribution in [-0.4, -0.2) is 21.3 Å². The molecule has 2 aromatic heterocycles. The Balaban J connectivity index is 2.08. The smallest absolute Gasteiger partial charge is 0.153 e. The highest BCUT2D eigenvalue weighted by molar-refractivity contribution is 5.92. The number of hydrogen-bond donors (Lipinski definition) is 0. The molecule has 0 saturated heterocycles. The van der Waals surface area contributed by atoms with Gasteiger partial charge in [-0.15, -0.1) is 0 Å². The summed E-state index contributed by atoms with van der Waals surface area (Å²) in [6, 6.07) is 4.36. The third kappa shape index (κ3) is 1.37. The summed E-state index contributed by atoms with van der Waals surface area (Å²) < 4.78 is 13.5. The van der Waals surface area contributed by atoms with Crippen molar-refractivity contribution in [2.75, 3.05) is 6.61 Å². The summed E-state index contributed by atoms with van der Waals surface area (Å²) in [6.07, 6.45) is 1.89. The van der Waals surface area contributed by atoms with Gasteiger partial charge in [-0.1, -0.05) is 5.16 Å². The predicted molar refractivity (Wildman–Crippen MR) is 74.9 cm³/mol. The Bertz CT molecular complexity index is 796. The number of ether oxygens (including phenoxy) is 1. The Labute approximate surface area is 116 Å². The van der Waals surface area contributed by atoms with Crippen LogP contribution in [0.25, 0.3) is 22.2 Å². The van der Waals surface area contributed by atoms with Crippen molar-refractivity contribution in [3.8, 4) is 16.9 Å². The van der Waals surface area contributed by atoms with Gasteiger partial charge in [0.1, 0.15) is 17.9 Å². The van der Waals surface area contributed by atoms with Crippen LogP contribution < -0.4 is 4.74 Å². The van der Waals surface area contributed by atoms with Gasteiger partial charge in [-0.3, -0.25) is 0 Å². The van der Waals surface area contributed by atoms with Crippen molar-refractivity contribution in [3.63, 3.8) is 0 Å². The lowest BCUT2D eigenvalue weighted by molar-refractivity contribution is 0.249. The van der Waals surface area contributed by atoms with Crippen molar-refractivity contribution in [1.29, 1.82) is 0 Å². The summed E-state index contributed by atoms with van der Waals surface area (Å²) >= 11 is 0. The van der Waals surface area contributed by atoms with Crippen LogP contribution in [-0.2, 0) is 0 Å². The maximum atomic E-state index is 6.00. The fourth-order valence-corrected chi connectivity index (χ4v) is 2.93. The van der Waals surface area contributed by atoms with Gasteiger partial charge in [-0.25, -0.2) is 4.98 Å². The van der Waals surface area contributed by atoms with E-state index in [1.807, 2.05) is 32.3 Å². The molecule has 0 N–H and O–H groups in total. The highest BCUT2D eigenvalue weighted by atomic mass is 16.5. The first-order valence-electron chi connectivity index (χ1n) is 6.72. The standard InChI is InChI=1S/C15H15N3O2/c1-8-6-19-15-11(13-9(2)17-20-10(13)3)4-5-12-14(15)18(8)7-16-12/h4-5,7-8H,6H2,1-3H3. The fourth-order valence-electron chi connectivity index (χ4n) is 2.93. The molecule has 1 aromatic carbocycles. The number of nitrogens with zero attached hydrogens (tertiary/aromatic N) is 3. The maximum Gasteiger partial charge on any atom is 0.153 e. The Kier molecular flexibility index (Phi) is 2.22. The van der Waals surface area contributed by atoms with Crippen LogP contribution in [0.3, 0.4) is 0 Å². The minimum absolute atomic E-state index is 0.299. The van der Waals surface area contributed by atoms with E-state index in [0.29, 0.717) is 12.6 Å². The molecular formula is C15H15N3O2. The van der Waals surface area contributed by atoms with Gasteiger partial charge < -0.3 is 13.8 Å². The van der Waals surface area contributed by atoms with Gasteiger partial charge in [0.05, 0.1) is 29.1 Å². The van der Waals surface area contributed by atoms with Crippen molar-refractivity contribution >= 4 is 11.0 Å². The molecule has 0 aliphatic carbocycles. The molecule has 0 bridgehead atoms. The van der Waals surface area contributed by atoms with Gasteiger partial charge in [-0.2, -0.15) is 0 Å². The Hall–Kier alpha value is -2.30. The van der Waals surface area contributed by atoms with Crippen molar-refractivity contribution < 1.29 is 9.26 Å². The molecule has 1 aliphatic heterocycles. The van der Waals surface area contributed by atoms with Gasteiger partial charge in [-0.05, 0) is 32.9 Å². The quantitative estimate of drug-likeness (QED) is 0.680. The van der Waals surface area contributed by atoms with E-state index in [-0.39, 0.29) is 0 Å². The van der Waals surface area contributed by atoms with Crippen molar-refractivity contribution in [2.24, 2.45) is 0 Å². The average Bonchev–Trinajstić information content (AvgIpc) is 3.00. The zero-order chi connectivity index (χ0) is 13.9. The first kappa shape index (κ1) is 11.5. The van der Waals surface area contributed by atoms with Crippen LogP contribution in [0.2, 0.25) is 0 Å². The number of imidazole rings is 1. The van der Waals surface area contributed by atoms with E-state index >= 15 is 0 Å². The molecule has 0 saturated carbocycles. The van der Waals surface area contributed by atoms with E-state index in [2.05, 4.69) is 21.6 Å². The topological polar surface area (TPSA) is 53.1 Å². The van der Waals surface area contributed by atoms with E-state index < -0.39 is 0 Å². The zero-order valence-corrected chi connectivity index (χ0v) is 11.7. The molecule has 1 aliphatic rings. The Morgan fingerprint density at radius 3 is 2.90 bits per heavy atom. The summed E-state index contributed by atoms with van der Waals surface area (Å²) in [5.41, 5.74) is 4.95. The lowest BCUT2D eigenvalue weighted by Crippen LogP contribution is -2.19. The molecule has 0 radical (unpaired) electrons. The van der Waals surface area contributed by atoms with E-state index in [4.69, 9.17) is 9.26 Å². The SMILES string of the molecule is Cc1noc(C)c1-c1ccc2ncn3c2c1OCC3C. The molecular weight excluding hydrogens is 254 g/mol. The van der Waals surface area contributed by atoms with Crippen molar-refractivity contribution in [1.82, 2.24) is 14.7 Å². The minimum atomic E-state index is 0.299. The van der Waals surface area contributed by atoms with Crippen molar-refractivity contribution in [3.05, 3.63) is 29.9 Å². The summed E-state index contributed by atoms with van der Waals surface area (Å²) in [4.78, 5) is 4.45. The Morgan fingerprint density at radius 2 is 2.15 bits per heavy atom. The minimum Gasteiger partial charge on any atom is -0.489 e. The number of rotatable bonds is 1. The second kappa shape index (κ2) is 3.85. The molecule has 5 heteroatoms. The van der Waals surface area contributed by atoms with Crippen LogP contribution in [0.1, 0.15) is 24.4 Å². The third-order valence-electron chi connectivity index (χ3n) is 3.94. The van der Waals surface area contributed by atoms with Crippen molar-refractivity contribution in [2.45, 2.75) is 26.8 Å². The molecule has 3 heterocycles. The van der Waals surface area contributed by atoms with Crippen LogP contribution in [0.5, 0.6) is 5.75 Å². The molecule has 5 nitrogen and oxygen atoms in total. The van der Waals surface area contributed by atoms with E-state index in [1.54, 1.807) is 0 Å². The lowest BCUT2D eigenvalue weighted by atomic mass is 10.0. The first-order valence-corrected chi connectivity index (χ1v) is 6.72. The molecule has 102 valence electrons. The first-order chi connectivity index (χ1) is 9.66. The fraction of sp³-hybridized carbons (Fsp3) is 0.333. The molecule has 20 heavy (non-hydrogen) atoms. The molecule has 1 atom stereocenters. The number of aryl methyl sites for hydroxylation is 2. The zero-order valence-electron chi connectivity index (χ0n) is 11.7. The van der Waals surface area contributed by atoms with Crippen LogP contribution >= 0.6 is 0 Å². The average molecular weight is 269 g/mol. The largest absolute Gasteiger partial charge is 0.489 e. The predicted octanol–water partition coefficient (Wildman–Crippen LogP) is 3.26. The summed E-state index contributed by atoms with van der Waals surface area (Å²) in [6.45, 7) is 6.66. The normalized spacial score (nSPS) is 17.4. The van der Waals surface area contributed by atoms with Gasteiger partial charge >= 0.3 is 0 Å². The van der Waals surface area contributed by atoms with E-state index in [9.17, 15) is 0 Å². The lowest BCUT2D eigenvalue weighted by Gasteiger charge is -2.24. The monoisotopic (exact) mass is 269 g/mol. The molecule has 0 amide bonds. The number of aromatic nitrogens is 3. The second-order valence-electron chi connectivity index (χ2n) is 5.32. The van der Waals surface area contributed by atoms with E-state index in [1.165, 1.54) is 0 Å². The van der Waals surface area contributed by atoms with Gasteiger partial charge in [0.25, 0.3) is 0 Å². The summed E-state index contributed by atoms with van der Waals surface area (Å²) in [5, 5.41) is 4.04. The molecule has 4 rings (SSSR count). The summed E-state index contributed by atoms with van der Waals surface area (Å²) in [7, 11) is 0. The Morgan fingerprint density at radius 1 is 1.30 bits per heavy atom. The van der Waals surface area contributed by atoms with Crippen LogP contribution in [0.4, 0.5) is 0 Å². The van der Waals surface area contributed by atoms with Gasteiger partial charge in [0.15, 0.2) is 5.75 Å². The highest BCUT2D eigenvalue weighted by Gasteiger charge is 2.25. The molecule has 0 fully saturated rings. The van der Waals surface area contributed by atoms with E-state index in [0.717, 1.165) is 39.4 Å². The van der Waals surface area contributed by atoms with Crippen LogP contribution in [0, 0.1) is 13.8 Å². The number of hydrogen-bond acceptors (Lipinski definition) is 4. The molecule has 1 unspecified atom stereocenters. The maximum absolute atomic E-state index is 6.00. The third-order valence-corrected chi connectivity index (χ3v) is 3.94. The van der Waals surface area contributed by atoms with Crippen LogP contribution in [0.15, 0.2) is 23.0 Å².